The third kappa shape index (κ3) is 3.14. The van der Waals surface area contributed by atoms with Crippen LogP contribution in [0.1, 0.15) is 11.1 Å². The van der Waals surface area contributed by atoms with Crippen LogP contribution in [0.2, 0.25) is 0 Å². The van der Waals surface area contributed by atoms with Gasteiger partial charge < -0.3 is 5.11 Å². The topological polar surface area (TPSA) is 20.2 Å². The van der Waals surface area contributed by atoms with E-state index in [0.29, 0.717) is 12.2 Å². The van der Waals surface area contributed by atoms with Crippen molar-refractivity contribution < 1.29 is 5.11 Å². The summed E-state index contributed by atoms with van der Waals surface area (Å²) in [5, 5.41) is 8.81. The molecule has 1 aromatic rings. The van der Waals surface area contributed by atoms with Crippen LogP contribution in [0.5, 0.6) is 0 Å². The Morgan fingerprint density at radius 2 is 2.08 bits per heavy atom. The zero-order valence-electron chi connectivity index (χ0n) is 7.33. The van der Waals surface area contributed by atoms with E-state index in [1.807, 2.05) is 24.3 Å². The maximum Gasteiger partial charge on any atom is 0.0521 e. The van der Waals surface area contributed by atoms with E-state index in [1.54, 1.807) is 0 Å². The Labute approximate surface area is 84.2 Å². The van der Waals surface area contributed by atoms with Crippen molar-refractivity contribution in [1.82, 2.24) is 0 Å². The van der Waals surface area contributed by atoms with E-state index in [-0.39, 0.29) is 6.61 Å². The van der Waals surface area contributed by atoms with Crippen LogP contribution < -0.4 is 0 Å². The molecule has 0 saturated heterocycles. The molecule has 0 fully saturated rings. The summed E-state index contributed by atoms with van der Waals surface area (Å²) in [5.41, 5.74) is 2.09. The second kappa shape index (κ2) is 5.69. The van der Waals surface area contributed by atoms with Crippen molar-refractivity contribution in [3.8, 4) is 11.8 Å². The Balaban J connectivity index is 2.90. The van der Waals surface area contributed by atoms with E-state index in [0.717, 1.165) is 11.1 Å². The smallest absolute Gasteiger partial charge is 0.0521 e. The lowest BCUT2D eigenvalue weighted by molar-refractivity contribution is 0.299. The van der Waals surface area contributed by atoms with E-state index >= 15 is 0 Å². The number of aliphatic hydroxyl groups excluding tert-OH is 1. The highest BCUT2D eigenvalue weighted by atomic mass is 32.1. The van der Waals surface area contributed by atoms with Crippen molar-refractivity contribution in [1.29, 1.82) is 0 Å². The van der Waals surface area contributed by atoms with E-state index in [1.165, 1.54) is 0 Å². The lowest BCUT2D eigenvalue weighted by atomic mass is 10.1. The molecular weight excluding hydrogens is 180 g/mol. The Morgan fingerprint density at radius 1 is 1.31 bits per heavy atom. The minimum absolute atomic E-state index is 0.166. The number of aliphatic hydroxyl groups is 1. The molecule has 0 radical (unpaired) electrons. The van der Waals surface area contributed by atoms with Gasteiger partial charge in [0.05, 0.1) is 5.75 Å². The van der Waals surface area contributed by atoms with Crippen LogP contribution in [0, 0.1) is 11.8 Å². The maximum absolute atomic E-state index is 8.81. The quantitative estimate of drug-likeness (QED) is 0.537. The van der Waals surface area contributed by atoms with Crippen molar-refractivity contribution in [2.45, 2.75) is 6.42 Å². The van der Waals surface area contributed by atoms with Gasteiger partial charge >= 0.3 is 0 Å². The summed E-state index contributed by atoms with van der Waals surface area (Å²) in [6.07, 6.45) is 0.664. The molecule has 1 aromatic carbocycles. The summed E-state index contributed by atoms with van der Waals surface area (Å²) < 4.78 is 0. The average molecular weight is 192 g/mol. The first-order chi connectivity index (χ1) is 6.38. The molecule has 0 aromatic heterocycles. The van der Waals surface area contributed by atoms with Gasteiger partial charge in [0.1, 0.15) is 0 Å². The lowest BCUT2D eigenvalue weighted by Gasteiger charge is -2.00. The molecular formula is C11H12OS. The highest BCUT2D eigenvalue weighted by molar-refractivity contribution is 7.80. The SMILES string of the molecule is OCCc1ccccc1C#CCS. The van der Waals surface area contributed by atoms with Crippen LogP contribution in [-0.4, -0.2) is 17.5 Å². The van der Waals surface area contributed by atoms with E-state index in [4.69, 9.17) is 5.11 Å². The van der Waals surface area contributed by atoms with Gasteiger partial charge in [-0.1, -0.05) is 30.0 Å². The fourth-order valence-electron chi connectivity index (χ4n) is 1.12. The van der Waals surface area contributed by atoms with Gasteiger partial charge in [0.15, 0.2) is 0 Å². The minimum atomic E-state index is 0.166. The first-order valence-corrected chi connectivity index (χ1v) is 4.80. The molecule has 1 nitrogen and oxygen atoms in total. The molecule has 0 spiro atoms. The Hall–Kier alpha value is -0.910. The van der Waals surface area contributed by atoms with Gasteiger partial charge in [-0.05, 0) is 18.1 Å². The summed E-state index contributed by atoms with van der Waals surface area (Å²) in [4.78, 5) is 0. The second-order valence-electron chi connectivity index (χ2n) is 2.59. The Bertz CT molecular complexity index is 322. The molecule has 0 aliphatic carbocycles. The molecule has 0 heterocycles. The molecule has 1 N–H and O–H groups in total. The predicted molar refractivity (Wildman–Crippen MR) is 58.0 cm³/mol. The van der Waals surface area contributed by atoms with Gasteiger partial charge in [0.25, 0.3) is 0 Å². The van der Waals surface area contributed by atoms with E-state index in [2.05, 4.69) is 24.5 Å². The monoisotopic (exact) mass is 192 g/mol. The minimum Gasteiger partial charge on any atom is -0.396 e. The number of thiol groups is 1. The normalized spacial score (nSPS) is 9.08. The Kier molecular flexibility index (Phi) is 4.45. The van der Waals surface area contributed by atoms with Crippen molar-refractivity contribution in [2.24, 2.45) is 0 Å². The average Bonchev–Trinajstić information content (AvgIpc) is 2.17. The molecule has 0 aliphatic heterocycles. The lowest BCUT2D eigenvalue weighted by Crippen LogP contribution is -1.93. The molecule has 0 unspecified atom stereocenters. The van der Waals surface area contributed by atoms with Crippen LogP contribution in [0.15, 0.2) is 24.3 Å². The molecule has 2 heteroatoms. The van der Waals surface area contributed by atoms with Crippen LogP contribution in [0.4, 0.5) is 0 Å². The van der Waals surface area contributed by atoms with E-state index < -0.39 is 0 Å². The summed E-state index contributed by atoms with van der Waals surface area (Å²) in [6.45, 7) is 0.166. The molecule has 0 atom stereocenters. The third-order valence-electron chi connectivity index (χ3n) is 1.70. The van der Waals surface area contributed by atoms with Gasteiger partial charge in [0.2, 0.25) is 0 Å². The molecule has 0 amide bonds. The van der Waals surface area contributed by atoms with Gasteiger partial charge in [-0.2, -0.15) is 12.6 Å². The first kappa shape index (κ1) is 10.2. The van der Waals surface area contributed by atoms with Crippen LogP contribution in [0.3, 0.4) is 0 Å². The number of rotatable bonds is 2. The molecule has 68 valence electrons. The summed E-state index contributed by atoms with van der Waals surface area (Å²) >= 11 is 4.01. The fraction of sp³-hybridized carbons (Fsp3) is 0.273. The van der Waals surface area contributed by atoms with Crippen molar-refractivity contribution >= 4 is 12.6 Å². The number of hydrogen-bond donors (Lipinski definition) is 2. The van der Waals surface area contributed by atoms with Crippen LogP contribution in [-0.2, 0) is 6.42 Å². The van der Waals surface area contributed by atoms with Gasteiger partial charge in [-0.25, -0.2) is 0 Å². The third-order valence-corrected chi connectivity index (χ3v) is 1.86. The Morgan fingerprint density at radius 3 is 2.77 bits per heavy atom. The van der Waals surface area contributed by atoms with Crippen LogP contribution in [0.25, 0.3) is 0 Å². The molecule has 13 heavy (non-hydrogen) atoms. The van der Waals surface area contributed by atoms with Gasteiger partial charge in [0, 0.05) is 12.2 Å². The van der Waals surface area contributed by atoms with Crippen molar-refractivity contribution in [3.63, 3.8) is 0 Å². The molecule has 0 aliphatic rings. The highest BCUT2D eigenvalue weighted by Gasteiger charge is 1.96. The van der Waals surface area contributed by atoms with E-state index in [9.17, 15) is 0 Å². The predicted octanol–water partition coefficient (Wildman–Crippen LogP) is 1.50. The molecule has 0 bridgehead atoms. The zero-order valence-corrected chi connectivity index (χ0v) is 8.22. The van der Waals surface area contributed by atoms with Gasteiger partial charge in [-0.3, -0.25) is 0 Å². The standard InChI is InChI=1S/C11H12OS/c12-8-7-11-5-2-1-4-10(11)6-3-9-13/h1-2,4-5,12-13H,7-9H2. The maximum atomic E-state index is 8.81. The number of hydrogen-bond acceptors (Lipinski definition) is 2. The van der Waals surface area contributed by atoms with Gasteiger partial charge in [-0.15, -0.1) is 0 Å². The van der Waals surface area contributed by atoms with Crippen molar-refractivity contribution in [3.05, 3.63) is 35.4 Å². The highest BCUT2D eigenvalue weighted by Crippen LogP contribution is 2.07. The first-order valence-electron chi connectivity index (χ1n) is 4.17. The fourth-order valence-corrected chi connectivity index (χ4v) is 1.19. The number of benzene rings is 1. The second-order valence-corrected chi connectivity index (χ2v) is 2.91. The van der Waals surface area contributed by atoms with Crippen molar-refractivity contribution in [2.75, 3.05) is 12.4 Å². The zero-order chi connectivity index (χ0) is 9.52. The summed E-state index contributed by atoms with van der Waals surface area (Å²) in [5.74, 6) is 6.47. The molecule has 0 saturated carbocycles. The molecule has 1 rings (SSSR count). The summed E-state index contributed by atoms with van der Waals surface area (Å²) in [6, 6.07) is 7.85. The summed E-state index contributed by atoms with van der Waals surface area (Å²) in [7, 11) is 0. The van der Waals surface area contributed by atoms with Crippen LogP contribution >= 0.6 is 12.6 Å². The largest absolute Gasteiger partial charge is 0.396 e.